The van der Waals surface area contributed by atoms with Gasteiger partial charge in [0.15, 0.2) is 0 Å². The number of nitrogens with one attached hydrogen (secondary N) is 2. The summed E-state index contributed by atoms with van der Waals surface area (Å²) in [6.07, 6.45) is 9.86. The lowest BCUT2D eigenvalue weighted by molar-refractivity contribution is 0.236. The number of hydrogen-bond donors (Lipinski definition) is 2. The number of aromatic nitrogens is 2. The van der Waals surface area contributed by atoms with Crippen molar-refractivity contribution in [3.05, 3.63) is 48.4 Å². The molecule has 1 fully saturated rings. The van der Waals surface area contributed by atoms with E-state index < -0.39 is 0 Å². The van der Waals surface area contributed by atoms with Gasteiger partial charge in [-0.25, -0.2) is 4.79 Å². The predicted octanol–water partition coefficient (Wildman–Crippen LogP) is 2.89. The molecule has 114 valence electrons. The van der Waals surface area contributed by atoms with E-state index in [1.807, 2.05) is 24.3 Å². The number of rotatable bonds is 4. The average molecular weight is 296 g/mol. The topological polar surface area (TPSA) is 66.9 Å². The molecule has 0 saturated heterocycles. The number of hydrogen-bond acceptors (Lipinski definition) is 3. The van der Waals surface area contributed by atoms with Gasteiger partial charge in [0, 0.05) is 36.7 Å². The largest absolute Gasteiger partial charge is 0.335 e. The fraction of sp³-hybridized carbons (Fsp3) is 0.353. The molecule has 0 spiro atoms. The van der Waals surface area contributed by atoms with E-state index in [2.05, 4.69) is 20.6 Å². The van der Waals surface area contributed by atoms with Crippen LogP contribution in [-0.2, 0) is 6.54 Å². The van der Waals surface area contributed by atoms with Crippen LogP contribution < -0.4 is 10.6 Å². The van der Waals surface area contributed by atoms with Crippen LogP contribution in [0.3, 0.4) is 0 Å². The van der Waals surface area contributed by atoms with Crippen molar-refractivity contribution in [2.75, 3.05) is 0 Å². The van der Waals surface area contributed by atoms with Crippen LogP contribution in [0, 0.1) is 0 Å². The second-order valence-electron chi connectivity index (χ2n) is 5.56. The highest BCUT2D eigenvalue weighted by Crippen LogP contribution is 2.20. The van der Waals surface area contributed by atoms with E-state index >= 15 is 0 Å². The molecule has 2 aromatic heterocycles. The van der Waals surface area contributed by atoms with Crippen molar-refractivity contribution >= 4 is 6.03 Å². The molecule has 0 radical (unpaired) electrons. The van der Waals surface area contributed by atoms with Gasteiger partial charge in [0.25, 0.3) is 0 Å². The number of carbonyl (C=O) groups is 1. The molecule has 0 bridgehead atoms. The molecule has 2 heterocycles. The number of amides is 2. The fourth-order valence-corrected chi connectivity index (χ4v) is 2.83. The summed E-state index contributed by atoms with van der Waals surface area (Å²) < 4.78 is 0. The molecule has 22 heavy (non-hydrogen) atoms. The van der Waals surface area contributed by atoms with Crippen LogP contribution in [-0.4, -0.2) is 22.0 Å². The van der Waals surface area contributed by atoms with E-state index in [4.69, 9.17) is 0 Å². The van der Waals surface area contributed by atoms with Gasteiger partial charge in [0.2, 0.25) is 0 Å². The minimum Gasteiger partial charge on any atom is -0.335 e. The van der Waals surface area contributed by atoms with Gasteiger partial charge >= 0.3 is 6.03 Å². The van der Waals surface area contributed by atoms with Crippen molar-refractivity contribution in [1.29, 1.82) is 0 Å². The Morgan fingerprint density at radius 3 is 2.77 bits per heavy atom. The zero-order chi connectivity index (χ0) is 15.2. The van der Waals surface area contributed by atoms with E-state index in [0.717, 1.165) is 29.7 Å². The SMILES string of the molecule is O=C(NCc1cccnc1-c1cccnc1)NC1CCCC1. The van der Waals surface area contributed by atoms with Crippen LogP contribution in [0.15, 0.2) is 42.9 Å². The Bertz CT molecular complexity index is 624. The lowest BCUT2D eigenvalue weighted by Crippen LogP contribution is -2.40. The van der Waals surface area contributed by atoms with Crippen molar-refractivity contribution in [3.8, 4) is 11.3 Å². The summed E-state index contributed by atoms with van der Waals surface area (Å²) in [5.74, 6) is 0. The van der Waals surface area contributed by atoms with E-state index in [1.54, 1.807) is 18.6 Å². The molecule has 0 unspecified atom stereocenters. The van der Waals surface area contributed by atoms with Crippen LogP contribution in [0.2, 0.25) is 0 Å². The lowest BCUT2D eigenvalue weighted by atomic mass is 10.1. The lowest BCUT2D eigenvalue weighted by Gasteiger charge is -2.14. The molecule has 2 aromatic rings. The first-order chi connectivity index (χ1) is 10.8. The van der Waals surface area contributed by atoms with E-state index in [9.17, 15) is 4.79 Å². The van der Waals surface area contributed by atoms with Crippen molar-refractivity contribution in [1.82, 2.24) is 20.6 Å². The standard InChI is InChI=1S/C17H20N4O/c22-17(21-15-7-1-2-8-15)20-12-14-6-4-10-19-16(14)13-5-3-9-18-11-13/h3-6,9-11,15H,1-2,7-8,12H2,(H2,20,21,22). The second kappa shape index (κ2) is 7.02. The Morgan fingerprint density at radius 2 is 2.00 bits per heavy atom. The zero-order valence-electron chi connectivity index (χ0n) is 12.5. The van der Waals surface area contributed by atoms with Crippen LogP contribution in [0.1, 0.15) is 31.2 Å². The molecule has 1 aliphatic rings. The van der Waals surface area contributed by atoms with Crippen molar-refractivity contribution < 1.29 is 4.79 Å². The Hall–Kier alpha value is -2.43. The van der Waals surface area contributed by atoms with Crippen LogP contribution in [0.5, 0.6) is 0 Å². The molecular formula is C17H20N4O. The smallest absolute Gasteiger partial charge is 0.315 e. The quantitative estimate of drug-likeness (QED) is 0.911. The number of pyridine rings is 2. The summed E-state index contributed by atoms with van der Waals surface area (Å²) >= 11 is 0. The maximum Gasteiger partial charge on any atom is 0.315 e. The Morgan fingerprint density at radius 1 is 1.18 bits per heavy atom. The van der Waals surface area contributed by atoms with Gasteiger partial charge in [0.1, 0.15) is 0 Å². The molecule has 2 amide bonds. The molecule has 5 heteroatoms. The predicted molar refractivity (Wildman–Crippen MR) is 85.1 cm³/mol. The van der Waals surface area contributed by atoms with Crippen LogP contribution in [0.25, 0.3) is 11.3 Å². The molecule has 0 aliphatic heterocycles. The first-order valence-corrected chi connectivity index (χ1v) is 7.71. The second-order valence-corrected chi connectivity index (χ2v) is 5.56. The van der Waals surface area contributed by atoms with Crippen LogP contribution in [0.4, 0.5) is 4.79 Å². The monoisotopic (exact) mass is 296 g/mol. The van der Waals surface area contributed by atoms with Gasteiger partial charge in [-0.05, 0) is 36.6 Å². The van der Waals surface area contributed by atoms with Gasteiger partial charge in [-0.15, -0.1) is 0 Å². The summed E-state index contributed by atoms with van der Waals surface area (Å²) in [4.78, 5) is 20.5. The summed E-state index contributed by atoms with van der Waals surface area (Å²) in [5.41, 5.74) is 2.80. The van der Waals surface area contributed by atoms with E-state index in [-0.39, 0.29) is 6.03 Å². The third-order valence-corrected chi connectivity index (χ3v) is 3.96. The van der Waals surface area contributed by atoms with Gasteiger partial charge < -0.3 is 10.6 Å². The summed E-state index contributed by atoms with van der Waals surface area (Å²) in [5, 5.41) is 5.95. The molecule has 1 aliphatic carbocycles. The number of nitrogens with zero attached hydrogens (tertiary/aromatic N) is 2. The van der Waals surface area contributed by atoms with Crippen molar-refractivity contribution in [3.63, 3.8) is 0 Å². The summed E-state index contributed by atoms with van der Waals surface area (Å²) in [7, 11) is 0. The molecule has 3 rings (SSSR count). The van der Waals surface area contributed by atoms with Gasteiger partial charge in [-0.1, -0.05) is 18.9 Å². The summed E-state index contributed by atoms with van der Waals surface area (Å²) in [6, 6.07) is 7.93. The molecular weight excluding hydrogens is 276 g/mol. The minimum absolute atomic E-state index is 0.104. The average Bonchev–Trinajstić information content (AvgIpc) is 3.07. The number of urea groups is 1. The Labute approximate surface area is 130 Å². The third kappa shape index (κ3) is 3.61. The van der Waals surface area contributed by atoms with Gasteiger partial charge in [-0.2, -0.15) is 0 Å². The Kier molecular flexibility index (Phi) is 4.63. The molecule has 2 N–H and O–H groups in total. The normalized spacial score (nSPS) is 14.7. The van der Waals surface area contributed by atoms with E-state index in [0.29, 0.717) is 12.6 Å². The van der Waals surface area contributed by atoms with Crippen LogP contribution >= 0.6 is 0 Å². The highest BCUT2D eigenvalue weighted by molar-refractivity contribution is 5.74. The maximum atomic E-state index is 12.0. The highest BCUT2D eigenvalue weighted by Gasteiger charge is 2.17. The van der Waals surface area contributed by atoms with Gasteiger partial charge in [-0.3, -0.25) is 9.97 Å². The minimum atomic E-state index is -0.104. The van der Waals surface area contributed by atoms with Gasteiger partial charge in [0.05, 0.1) is 5.69 Å². The molecule has 5 nitrogen and oxygen atoms in total. The molecule has 0 aromatic carbocycles. The fourth-order valence-electron chi connectivity index (χ4n) is 2.83. The summed E-state index contributed by atoms with van der Waals surface area (Å²) in [6.45, 7) is 0.455. The molecule has 1 saturated carbocycles. The zero-order valence-corrected chi connectivity index (χ0v) is 12.5. The van der Waals surface area contributed by atoms with Crippen molar-refractivity contribution in [2.24, 2.45) is 0 Å². The van der Waals surface area contributed by atoms with E-state index in [1.165, 1.54) is 12.8 Å². The first kappa shape index (κ1) is 14.5. The van der Waals surface area contributed by atoms with Crippen molar-refractivity contribution in [2.45, 2.75) is 38.3 Å². The number of carbonyl (C=O) groups excluding carboxylic acids is 1. The molecule has 0 atom stereocenters. The highest BCUT2D eigenvalue weighted by atomic mass is 16.2. The Balaban J connectivity index is 1.64. The maximum absolute atomic E-state index is 12.0. The third-order valence-electron chi connectivity index (χ3n) is 3.96. The first-order valence-electron chi connectivity index (χ1n) is 7.71.